The maximum Gasteiger partial charge on any atom is 0.221 e. The third-order valence-electron chi connectivity index (χ3n) is 4.05. The highest BCUT2D eigenvalue weighted by atomic mass is 16.1. The number of hydrogen-bond donors (Lipinski definition) is 2. The minimum absolute atomic E-state index is 0.211. The molecule has 98 valence electrons. The minimum Gasteiger partial charge on any atom is -0.354 e. The number of hydrogen-bond acceptors (Lipinski definition) is 3. The summed E-state index contributed by atoms with van der Waals surface area (Å²) in [6.45, 7) is 3.07. The van der Waals surface area contributed by atoms with Gasteiger partial charge in [-0.1, -0.05) is 6.42 Å². The Kier molecular flexibility index (Phi) is 4.80. The summed E-state index contributed by atoms with van der Waals surface area (Å²) in [5, 5.41) is 6.45. The Morgan fingerprint density at radius 1 is 1.35 bits per heavy atom. The lowest BCUT2D eigenvalue weighted by Gasteiger charge is -2.32. The van der Waals surface area contributed by atoms with Gasteiger partial charge >= 0.3 is 0 Å². The molecule has 0 aromatic rings. The van der Waals surface area contributed by atoms with Crippen molar-refractivity contribution in [1.82, 2.24) is 15.5 Å². The maximum absolute atomic E-state index is 11.8. The lowest BCUT2D eigenvalue weighted by Crippen LogP contribution is -2.45. The quantitative estimate of drug-likeness (QED) is 0.760. The van der Waals surface area contributed by atoms with E-state index in [-0.39, 0.29) is 5.91 Å². The Bertz CT molecular complexity index is 251. The first-order valence-electron chi connectivity index (χ1n) is 6.96. The van der Waals surface area contributed by atoms with Gasteiger partial charge in [0.15, 0.2) is 0 Å². The molecule has 2 rings (SSSR count). The van der Waals surface area contributed by atoms with Gasteiger partial charge in [0.2, 0.25) is 5.91 Å². The van der Waals surface area contributed by atoms with E-state index in [1.807, 2.05) is 0 Å². The number of amides is 1. The molecule has 2 atom stereocenters. The second-order valence-electron chi connectivity index (χ2n) is 5.43. The molecule has 2 fully saturated rings. The van der Waals surface area contributed by atoms with Crippen LogP contribution in [0.15, 0.2) is 0 Å². The number of likely N-dealkylation sites (N-methyl/N-ethyl adjacent to an activating group) is 1. The van der Waals surface area contributed by atoms with Crippen molar-refractivity contribution in [3.8, 4) is 0 Å². The first-order chi connectivity index (χ1) is 8.25. The van der Waals surface area contributed by atoms with Crippen LogP contribution < -0.4 is 10.6 Å². The number of likely N-dealkylation sites (tertiary alicyclic amines) is 1. The average Bonchev–Trinajstić information content (AvgIpc) is 2.81. The molecule has 2 aliphatic heterocycles. The van der Waals surface area contributed by atoms with Crippen molar-refractivity contribution >= 4 is 5.91 Å². The molecule has 0 radical (unpaired) electrons. The van der Waals surface area contributed by atoms with E-state index in [0.29, 0.717) is 18.5 Å². The number of nitrogens with one attached hydrogen (secondary N) is 2. The topological polar surface area (TPSA) is 44.4 Å². The first kappa shape index (κ1) is 12.8. The van der Waals surface area contributed by atoms with Crippen molar-refractivity contribution in [3.05, 3.63) is 0 Å². The lowest BCUT2D eigenvalue weighted by molar-refractivity contribution is -0.121. The van der Waals surface area contributed by atoms with Crippen molar-refractivity contribution in [2.24, 2.45) is 0 Å². The number of rotatable bonds is 4. The van der Waals surface area contributed by atoms with Gasteiger partial charge in [-0.05, 0) is 45.8 Å². The van der Waals surface area contributed by atoms with Gasteiger partial charge in [0, 0.05) is 25.0 Å². The van der Waals surface area contributed by atoms with Gasteiger partial charge < -0.3 is 15.5 Å². The molecule has 2 unspecified atom stereocenters. The Morgan fingerprint density at radius 2 is 2.24 bits per heavy atom. The van der Waals surface area contributed by atoms with Crippen LogP contribution in [-0.4, -0.2) is 49.6 Å². The lowest BCUT2D eigenvalue weighted by atomic mass is 10.0. The smallest absolute Gasteiger partial charge is 0.221 e. The van der Waals surface area contributed by atoms with Crippen molar-refractivity contribution < 1.29 is 4.79 Å². The number of carbonyl (C=O) groups is 1. The summed E-state index contributed by atoms with van der Waals surface area (Å²) in [5.41, 5.74) is 0. The minimum atomic E-state index is 0.211. The predicted octanol–water partition coefficient (Wildman–Crippen LogP) is 0.729. The molecule has 17 heavy (non-hydrogen) atoms. The number of nitrogens with zero attached hydrogens (tertiary/aromatic N) is 1. The van der Waals surface area contributed by atoms with E-state index in [1.54, 1.807) is 0 Å². The molecule has 1 amide bonds. The number of piperidine rings is 1. The van der Waals surface area contributed by atoms with Crippen LogP contribution in [0.2, 0.25) is 0 Å². The highest BCUT2D eigenvalue weighted by Gasteiger charge is 2.21. The number of carbonyl (C=O) groups excluding carboxylic acids is 1. The summed E-state index contributed by atoms with van der Waals surface area (Å²) >= 11 is 0. The molecular formula is C13H25N3O. The van der Waals surface area contributed by atoms with Crippen LogP contribution in [0.5, 0.6) is 0 Å². The maximum atomic E-state index is 11.8. The molecule has 2 heterocycles. The SMILES string of the molecule is CN1CCCCC1CNC(=O)CC1CCCN1. The van der Waals surface area contributed by atoms with Gasteiger partial charge in [-0.2, -0.15) is 0 Å². The predicted molar refractivity (Wildman–Crippen MR) is 68.9 cm³/mol. The molecule has 4 nitrogen and oxygen atoms in total. The largest absolute Gasteiger partial charge is 0.354 e. The highest BCUT2D eigenvalue weighted by molar-refractivity contribution is 5.76. The summed E-state index contributed by atoms with van der Waals surface area (Å²) in [5.74, 6) is 0.211. The fourth-order valence-corrected chi connectivity index (χ4v) is 2.86. The van der Waals surface area contributed by atoms with Crippen molar-refractivity contribution in [1.29, 1.82) is 0 Å². The molecule has 2 aliphatic rings. The second-order valence-corrected chi connectivity index (χ2v) is 5.43. The zero-order chi connectivity index (χ0) is 12.1. The average molecular weight is 239 g/mol. The Labute approximate surface area is 104 Å². The van der Waals surface area contributed by atoms with E-state index in [2.05, 4.69) is 22.6 Å². The molecule has 0 aromatic heterocycles. The van der Waals surface area contributed by atoms with Crippen LogP contribution in [0, 0.1) is 0 Å². The highest BCUT2D eigenvalue weighted by Crippen LogP contribution is 2.14. The molecule has 0 saturated carbocycles. The third-order valence-corrected chi connectivity index (χ3v) is 4.05. The van der Waals surface area contributed by atoms with E-state index >= 15 is 0 Å². The van der Waals surface area contributed by atoms with Gasteiger partial charge in [-0.25, -0.2) is 0 Å². The van der Waals surface area contributed by atoms with Crippen molar-refractivity contribution in [2.45, 2.75) is 50.6 Å². The molecule has 0 spiro atoms. The van der Waals surface area contributed by atoms with E-state index < -0.39 is 0 Å². The summed E-state index contributed by atoms with van der Waals surface area (Å²) in [6, 6.07) is 0.961. The summed E-state index contributed by atoms with van der Waals surface area (Å²) in [4.78, 5) is 14.2. The van der Waals surface area contributed by atoms with Crippen molar-refractivity contribution in [2.75, 3.05) is 26.7 Å². The van der Waals surface area contributed by atoms with Crippen LogP contribution in [0.25, 0.3) is 0 Å². The zero-order valence-electron chi connectivity index (χ0n) is 10.9. The van der Waals surface area contributed by atoms with Gasteiger partial charge in [-0.3, -0.25) is 4.79 Å². The molecule has 0 aliphatic carbocycles. The molecule has 2 N–H and O–H groups in total. The molecule has 0 aromatic carbocycles. The Balaban J connectivity index is 1.64. The van der Waals surface area contributed by atoms with Crippen LogP contribution in [-0.2, 0) is 4.79 Å². The van der Waals surface area contributed by atoms with Gasteiger partial charge in [-0.15, -0.1) is 0 Å². The second kappa shape index (κ2) is 6.36. The fourth-order valence-electron chi connectivity index (χ4n) is 2.86. The van der Waals surface area contributed by atoms with Crippen LogP contribution in [0.1, 0.15) is 38.5 Å². The standard InChI is InChI=1S/C13H25N3O/c1-16-8-3-2-6-12(16)10-15-13(17)9-11-5-4-7-14-11/h11-12,14H,2-10H2,1H3,(H,15,17). The van der Waals surface area contributed by atoms with E-state index in [9.17, 15) is 4.79 Å². The molecule has 0 bridgehead atoms. The normalized spacial score (nSPS) is 30.4. The summed E-state index contributed by atoms with van der Waals surface area (Å²) in [7, 11) is 2.16. The van der Waals surface area contributed by atoms with Gasteiger partial charge in [0.25, 0.3) is 0 Å². The third kappa shape index (κ3) is 3.96. The van der Waals surface area contributed by atoms with Crippen LogP contribution >= 0.6 is 0 Å². The zero-order valence-corrected chi connectivity index (χ0v) is 10.9. The molecule has 4 heteroatoms. The van der Waals surface area contributed by atoms with E-state index in [0.717, 1.165) is 19.5 Å². The Hall–Kier alpha value is -0.610. The van der Waals surface area contributed by atoms with Crippen LogP contribution in [0.3, 0.4) is 0 Å². The molecular weight excluding hydrogens is 214 g/mol. The summed E-state index contributed by atoms with van der Waals surface area (Å²) < 4.78 is 0. The first-order valence-corrected chi connectivity index (χ1v) is 6.96. The monoisotopic (exact) mass is 239 g/mol. The van der Waals surface area contributed by atoms with Crippen molar-refractivity contribution in [3.63, 3.8) is 0 Å². The summed E-state index contributed by atoms with van der Waals surface area (Å²) in [6.07, 6.45) is 6.83. The fraction of sp³-hybridized carbons (Fsp3) is 0.923. The van der Waals surface area contributed by atoms with E-state index in [1.165, 1.54) is 32.2 Å². The Morgan fingerprint density at radius 3 is 2.94 bits per heavy atom. The molecule has 2 saturated heterocycles. The van der Waals surface area contributed by atoms with Gasteiger partial charge in [0.05, 0.1) is 0 Å². The van der Waals surface area contributed by atoms with E-state index in [4.69, 9.17) is 0 Å². The van der Waals surface area contributed by atoms with Crippen LogP contribution in [0.4, 0.5) is 0 Å². The van der Waals surface area contributed by atoms with Gasteiger partial charge in [0.1, 0.15) is 0 Å².